The number of aromatic amines is 1. The van der Waals surface area contributed by atoms with Gasteiger partial charge in [0.2, 0.25) is 0 Å². The molecule has 2 rings (SSSR count). The Balaban J connectivity index is 2.30. The van der Waals surface area contributed by atoms with Crippen molar-refractivity contribution in [3.05, 3.63) is 58.4 Å². The second kappa shape index (κ2) is 6.57. The summed E-state index contributed by atoms with van der Waals surface area (Å²) in [7, 11) is 1.09. The zero-order valence-corrected chi connectivity index (χ0v) is 12.1. The van der Waals surface area contributed by atoms with E-state index in [0.29, 0.717) is 11.1 Å². The van der Waals surface area contributed by atoms with Gasteiger partial charge in [-0.05, 0) is 12.1 Å². The number of rotatable bonds is 4. The maximum atomic E-state index is 13.8. The van der Waals surface area contributed by atoms with E-state index in [4.69, 9.17) is 11.6 Å². The number of hydrogen-bond acceptors (Lipinski definition) is 3. The second-order valence-corrected chi connectivity index (χ2v) is 4.76. The number of methoxy groups -OCH3 is 1. The van der Waals surface area contributed by atoms with Crippen molar-refractivity contribution in [3.8, 4) is 0 Å². The molecule has 0 saturated heterocycles. The maximum Gasteiger partial charge on any atom is 0.333 e. The van der Waals surface area contributed by atoms with E-state index in [1.54, 1.807) is 0 Å². The van der Waals surface area contributed by atoms with Gasteiger partial charge in [0.15, 0.2) is 6.04 Å². The first-order chi connectivity index (χ1) is 10.4. The van der Waals surface area contributed by atoms with Crippen LogP contribution in [-0.4, -0.2) is 24.0 Å². The Morgan fingerprint density at radius 3 is 2.59 bits per heavy atom. The largest absolute Gasteiger partial charge is 0.467 e. The average Bonchev–Trinajstić information content (AvgIpc) is 2.91. The van der Waals surface area contributed by atoms with Crippen LogP contribution in [0.5, 0.6) is 0 Å². The van der Waals surface area contributed by atoms with Crippen molar-refractivity contribution >= 4 is 23.5 Å². The number of hydrogen-bond donors (Lipinski definition) is 2. The molecule has 0 spiro atoms. The number of carbonyl (C=O) groups excluding carboxylic acids is 2. The molecule has 0 bridgehead atoms. The first-order valence-corrected chi connectivity index (χ1v) is 6.47. The Labute approximate surface area is 129 Å². The van der Waals surface area contributed by atoms with Crippen molar-refractivity contribution in [2.45, 2.75) is 6.04 Å². The highest BCUT2D eigenvalue weighted by atomic mass is 35.5. The summed E-state index contributed by atoms with van der Waals surface area (Å²) in [5.74, 6) is -3.35. The molecule has 0 radical (unpaired) electrons. The van der Waals surface area contributed by atoms with E-state index in [2.05, 4.69) is 15.0 Å². The second-order valence-electron chi connectivity index (χ2n) is 4.33. The molecule has 1 aromatic heterocycles. The summed E-state index contributed by atoms with van der Waals surface area (Å²) < 4.78 is 31.3. The molecule has 0 fully saturated rings. The Hall–Kier alpha value is -2.41. The van der Waals surface area contributed by atoms with Crippen LogP contribution in [0.3, 0.4) is 0 Å². The summed E-state index contributed by atoms with van der Waals surface area (Å²) >= 11 is 5.69. The van der Waals surface area contributed by atoms with E-state index >= 15 is 0 Å². The van der Waals surface area contributed by atoms with E-state index in [9.17, 15) is 18.4 Å². The third kappa shape index (κ3) is 3.43. The van der Waals surface area contributed by atoms with Gasteiger partial charge in [0.25, 0.3) is 5.91 Å². The lowest BCUT2D eigenvalue weighted by Gasteiger charge is -2.17. The van der Waals surface area contributed by atoms with Crippen LogP contribution in [0.4, 0.5) is 8.78 Å². The predicted molar refractivity (Wildman–Crippen MR) is 74.4 cm³/mol. The lowest BCUT2D eigenvalue weighted by Crippen LogP contribution is -2.35. The minimum Gasteiger partial charge on any atom is -0.467 e. The lowest BCUT2D eigenvalue weighted by atomic mass is 10.1. The molecule has 1 heterocycles. The molecule has 8 heteroatoms. The molecule has 22 heavy (non-hydrogen) atoms. The molecule has 0 aliphatic rings. The van der Waals surface area contributed by atoms with Crippen LogP contribution in [-0.2, 0) is 9.53 Å². The van der Waals surface area contributed by atoms with Crippen LogP contribution in [0.25, 0.3) is 0 Å². The monoisotopic (exact) mass is 328 g/mol. The van der Waals surface area contributed by atoms with Crippen LogP contribution in [0.1, 0.15) is 22.1 Å². The predicted octanol–water partition coefficient (Wildman–Crippen LogP) is 2.59. The van der Waals surface area contributed by atoms with Crippen LogP contribution >= 0.6 is 11.6 Å². The molecule has 0 aliphatic heterocycles. The molecule has 0 unspecified atom stereocenters. The molecular formula is C14H11ClF2N2O3. The normalized spacial score (nSPS) is 11.8. The summed E-state index contributed by atoms with van der Waals surface area (Å²) in [5.41, 5.74) is -0.124. The molecule has 1 aromatic carbocycles. The Bertz CT molecular complexity index is 718. The third-order valence-corrected chi connectivity index (χ3v) is 3.10. The SMILES string of the molecule is COC(=O)[C@H](NC(=O)c1cc(Cl)c[nH]1)c1ccc(F)cc1F. The fourth-order valence-electron chi connectivity index (χ4n) is 1.82. The van der Waals surface area contributed by atoms with Crippen molar-refractivity contribution in [2.75, 3.05) is 7.11 Å². The van der Waals surface area contributed by atoms with Gasteiger partial charge in [-0.2, -0.15) is 0 Å². The molecule has 0 saturated carbocycles. The smallest absolute Gasteiger partial charge is 0.333 e. The number of esters is 1. The third-order valence-electron chi connectivity index (χ3n) is 2.88. The zero-order valence-electron chi connectivity index (χ0n) is 11.3. The summed E-state index contributed by atoms with van der Waals surface area (Å²) in [6.45, 7) is 0. The highest BCUT2D eigenvalue weighted by molar-refractivity contribution is 6.31. The number of benzene rings is 1. The van der Waals surface area contributed by atoms with Gasteiger partial charge in [-0.1, -0.05) is 17.7 Å². The fourth-order valence-corrected chi connectivity index (χ4v) is 1.99. The van der Waals surface area contributed by atoms with Crippen molar-refractivity contribution in [1.82, 2.24) is 10.3 Å². The first kappa shape index (κ1) is 16.0. The summed E-state index contributed by atoms with van der Waals surface area (Å²) in [5, 5.41) is 2.61. The van der Waals surface area contributed by atoms with Crippen molar-refractivity contribution in [3.63, 3.8) is 0 Å². The number of nitrogens with one attached hydrogen (secondary N) is 2. The molecule has 2 N–H and O–H groups in total. The molecule has 1 atom stereocenters. The highest BCUT2D eigenvalue weighted by Crippen LogP contribution is 2.20. The fraction of sp³-hybridized carbons (Fsp3) is 0.143. The number of aromatic nitrogens is 1. The minimum atomic E-state index is -1.42. The number of H-pyrrole nitrogens is 1. The zero-order chi connectivity index (χ0) is 16.3. The lowest BCUT2D eigenvalue weighted by molar-refractivity contribution is -0.143. The van der Waals surface area contributed by atoms with E-state index in [-0.39, 0.29) is 11.3 Å². The van der Waals surface area contributed by atoms with Crippen LogP contribution < -0.4 is 5.32 Å². The van der Waals surface area contributed by atoms with Gasteiger partial charge in [-0.3, -0.25) is 4.79 Å². The van der Waals surface area contributed by atoms with Gasteiger partial charge >= 0.3 is 5.97 Å². The van der Waals surface area contributed by atoms with Gasteiger partial charge in [0.05, 0.1) is 12.1 Å². The van der Waals surface area contributed by atoms with Crippen LogP contribution in [0.15, 0.2) is 30.5 Å². The Morgan fingerprint density at radius 2 is 2.05 bits per heavy atom. The molecular weight excluding hydrogens is 318 g/mol. The van der Waals surface area contributed by atoms with Crippen molar-refractivity contribution in [1.29, 1.82) is 0 Å². The summed E-state index contributed by atoms with van der Waals surface area (Å²) in [6.07, 6.45) is 1.38. The number of carbonyl (C=O) groups is 2. The molecule has 0 aliphatic carbocycles. The Kier molecular flexibility index (Phi) is 4.77. The van der Waals surface area contributed by atoms with E-state index in [0.717, 1.165) is 19.2 Å². The quantitative estimate of drug-likeness (QED) is 0.847. The average molecular weight is 329 g/mol. The molecule has 116 valence electrons. The molecule has 5 nitrogen and oxygen atoms in total. The van der Waals surface area contributed by atoms with Gasteiger partial charge in [-0.15, -0.1) is 0 Å². The number of halogens is 3. The summed E-state index contributed by atoms with van der Waals surface area (Å²) in [6, 6.07) is 2.58. The Morgan fingerprint density at radius 1 is 1.32 bits per heavy atom. The van der Waals surface area contributed by atoms with Crippen LogP contribution in [0, 0.1) is 11.6 Å². The molecule has 2 aromatic rings. The van der Waals surface area contributed by atoms with Gasteiger partial charge in [0.1, 0.15) is 17.3 Å². The first-order valence-electron chi connectivity index (χ1n) is 6.10. The van der Waals surface area contributed by atoms with E-state index < -0.39 is 29.6 Å². The van der Waals surface area contributed by atoms with Crippen molar-refractivity contribution < 1.29 is 23.1 Å². The topological polar surface area (TPSA) is 71.2 Å². The van der Waals surface area contributed by atoms with Gasteiger partial charge in [-0.25, -0.2) is 13.6 Å². The van der Waals surface area contributed by atoms with Crippen LogP contribution in [0.2, 0.25) is 5.02 Å². The van der Waals surface area contributed by atoms with E-state index in [1.165, 1.54) is 12.3 Å². The summed E-state index contributed by atoms with van der Waals surface area (Å²) in [4.78, 5) is 26.4. The minimum absolute atomic E-state index is 0.0847. The number of ether oxygens (including phenoxy) is 1. The maximum absolute atomic E-state index is 13.8. The van der Waals surface area contributed by atoms with Crippen molar-refractivity contribution in [2.24, 2.45) is 0 Å². The number of amides is 1. The van der Waals surface area contributed by atoms with Gasteiger partial charge in [0, 0.05) is 17.8 Å². The van der Waals surface area contributed by atoms with E-state index in [1.807, 2.05) is 0 Å². The standard InChI is InChI=1S/C14H11ClF2N2O3/c1-22-14(21)12(9-3-2-8(16)5-10(9)17)19-13(20)11-4-7(15)6-18-11/h2-6,12,18H,1H3,(H,19,20)/t12-/m1/s1. The molecule has 1 amide bonds. The highest BCUT2D eigenvalue weighted by Gasteiger charge is 2.27. The van der Waals surface area contributed by atoms with Gasteiger partial charge < -0.3 is 15.0 Å².